The van der Waals surface area contributed by atoms with Crippen LogP contribution in [0.2, 0.25) is 0 Å². The average Bonchev–Trinajstić information content (AvgIpc) is 3.15. The van der Waals surface area contributed by atoms with Crippen LogP contribution in [-0.2, 0) is 11.0 Å². The summed E-state index contributed by atoms with van der Waals surface area (Å²) in [4.78, 5) is 29.2. The molecule has 0 fully saturated rings. The van der Waals surface area contributed by atoms with Crippen LogP contribution >= 0.6 is 11.5 Å². The van der Waals surface area contributed by atoms with Crippen LogP contribution in [-0.4, -0.2) is 43.4 Å². The smallest absolute Gasteiger partial charge is 0.417 e. The van der Waals surface area contributed by atoms with Gasteiger partial charge in [-0.2, -0.15) is 22.5 Å². The van der Waals surface area contributed by atoms with Crippen LogP contribution in [0.4, 0.5) is 29.8 Å². The highest BCUT2D eigenvalue weighted by atomic mass is 32.1. The van der Waals surface area contributed by atoms with Gasteiger partial charge in [-0.3, -0.25) is 4.79 Å². The van der Waals surface area contributed by atoms with Crippen LogP contribution in [0.15, 0.2) is 24.7 Å². The van der Waals surface area contributed by atoms with Gasteiger partial charge in [-0.1, -0.05) is 0 Å². The molecule has 0 unspecified atom stereocenters. The molecule has 3 rings (SSSR count). The molecule has 0 aromatic carbocycles. The van der Waals surface area contributed by atoms with E-state index in [1.165, 1.54) is 26.4 Å². The number of aromatic nitrogens is 5. The van der Waals surface area contributed by atoms with E-state index >= 15 is 0 Å². The lowest BCUT2D eigenvalue weighted by Gasteiger charge is -2.20. The fourth-order valence-corrected chi connectivity index (χ4v) is 2.93. The molecule has 3 aromatic heterocycles. The molecule has 0 spiro atoms. The summed E-state index contributed by atoms with van der Waals surface area (Å²) in [6.07, 6.45) is -0.961. The minimum Gasteiger partial charge on any atom is -0.488 e. The highest BCUT2D eigenvalue weighted by molar-refractivity contribution is 7.09. The molecule has 9 nitrogen and oxygen atoms in total. The maximum absolute atomic E-state index is 13.1. The molecule has 31 heavy (non-hydrogen) atoms. The first-order valence-electron chi connectivity index (χ1n) is 8.96. The second-order valence-corrected chi connectivity index (χ2v) is 7.38. The number of nitrogens with one attached hydrogen (secondary N) is 1. The fraction of sp³-hybridized carbons (Fsp3) is 0.333. The Bertz CT molecular complexity index is 1070. The first-order valence-corrected chi connectivity index (χ1v) is 9.73. The van der Waals surface area contributed by atoms with E-state index in [1.807, 2.05) is 13.8 Å². The summed E-state index contributed by atoms with van der Waals surface area (Å²) in [5.41, 5.74) is -1.03. The van der Waals surface area contributed by atoms with Gasteiger partial charge in [-0.05, 0) is 19.9 Å². The molecule has 13 heteroatoms. The van der Waals surface area contributed by atoms with Gasteiger partial charge in [0.15, 0.2) is 17.4 Å². The molecule has 0 saturated carbocycles. The van der Waals surface area contributed by atoms with Gasteiger partial charge in [-0.25, -0.2) is 15.0 Å². The van der Waals surface area contributed by atoms with E-state index in [-0.39, 0.29) is 34.4 Å². The van der Waals surface area contributed by atoms with Crippen LogP contribution in [0.5, 0.6) is 5.75 Å². The van der Waals surface area contributed by atoms with Crippen molar-refractivity contribution in [2.75, 3.05) is 17.3 Å². The molecule has 1 amide bonds. The van der Waals surface area contributed by atoms with Gasteiger partial charge in [0.2, 0.25) is 16.9 Å². The van der Waals surface area contributed by atoms with E-state index in [9.17, 15) is 18.0 Å². The lowest BCUT2D eigenvalue weighted by atomic mass is 10.2. The lowest BCUT2D eigenvalue weighted by Crippen LogP contribution is -2.24. The zero-order valence-electron chi connectivity index (χ0n) is 16.9. The molecule has 1 N–H and O–H groups in total. The Kier molecular flexibility index (Phi) is 6.34. The number of hydrogen-bond acceptors (Lipinski definition) is 9. The second kappa shape index (κ2) is 8.79. The number of rotatable bonds is 6. The highest BCUT2D eigenvalue weighted by Crippen LogP contribution is 2.35. The number of amides is 1. The molecule has 0 atom stereocenters. The Balaban J connectivity index is 1.86. The third-order valence-corrected chi connectivity index (χ3v) is 4.51. The number of ether oxygens (including phenoxy) is 1. The van der Waals surface area contributed by atoms with Crippen LogP contribution in [0.3, 0.4) is 0 Å². The molecule has 164 valence electrons. The number of carbonyl (C=O) groups is 1. The van der Waals surface area contributed by atoms with Gasteiger partial charge in [0.05, 0.1) is 29.7 Å². The van der Waals surface area contributed by atoms with Crippen molar-refractivity contribution in [3.63, 3.8) is 0 Å². The Morgan fingerprint density at radius 3 is 2.42 bits per heavy atom. The number of carbonyl (C=O) groups excluding carboxylic acids is 1. The molecule has 0 aliphatic rings. The summed E-state index contributed by atoms with van der Waals surface area (Å²) >= 11 is 0.943. The van der Waals surface area contributed by atoms with Crippen LogP contribution in [0.25, 0.3) is 11.6 Å². The SMILES string of the molecule is CC(=O)N(C)c1cc(C(F)(F)F)cnc1Nc1nc(-c2ncc(OC(C)C)cn2)ns1. The number of anilines is 3. The van der Waals surface area contributed by atoms with Gasteiger partial charge in [-0.15, -0.1) is 0 Å². The lowest BCUT2D eigenvalue weighted by molar-refractivity contribution is -0.137. The molecule has 0 bridgehead atoms. The average molecular weight is 453 g/mol. The maximum atomic E-state index is 13.1. The monoisotopic (exact) mass is 453 g/mol. The third kappa shape index (κ3) is 5.42. The molecular weight excluding hydrogens is 435 g/mol. The first kappa shape index (κ1) is 22.3. The maximum Gasteiger partial charge on any atom is 0.417 e. The normalized spacial score (nSPS) is 11.5. The molecule has 0 radical (unpaired) electrons. The zero-order chi connectivity index (χ0) is 22.8. The van der Waals surface area contributed by atoms with Crippen molar-refractivity contribution in [3.05, 3.63) is 30.2 Å². The topological polar surface area (TPSA) is 106 Å². The van der Waals surface area contributed by atoms with Crippen molar-refractivity contribution in [1.29, 1.82) is 0 Å². The third-order valence-electron chi connectivity index (χ3n) is 3.88. The van der Waals surface area contributed by atoms with Gasteiger partial charge in [0.25, 0.3) is 0 Å². The summed E-state index contributed by atoms with van der Waals surface area (Å²) in [5, 5.41) is 3.05. The molecule has 0 saturated heterocycles. The summed E-state index contributed by atoms with van der Waals surface area (Å²) in [6.45, 7) is 4.99. The van der Waals surface area contributed by atoms with Crippen LogP contribution in [0, 0.1) is 0 Å². The van der Waals surface area contributed by atoms with Gasteiger partial charge < -0.3 is 15.0 Å². The summed E-state index contributed by atoms with van der Waals surface area (Å²) in [5.74, 6) is 0.534. The Morgan fingerprint density at radius 2 is 1.84 bits per heavy atom. The largest absolute Gasteiger partial charge is 0.488 e. The number of halogens is 3. The standard InChI is InChI=1S/C18H18F3N7O2S/c1-9(2)30-12-7-23-15(24-8-12)16-26-17(31-27-16)25-14-13(28(4)10(3)29)5-11(6-22-14)18(19,20)21/h5-9H,1-4H3,(H,22,25,26,27). The zero-order valence-corrected chi connectivity index (χ0v) is 17.7. The Morgan fingerprint density at radius 1 is 1.16 bits per heavy atom. The molecule has 0 aliphatic carbocycles. The minimum absolute atomic E-state index is 0.0231. The van der Waals surface area contributed by atoms with E-state index in [0.29, 0.717) is 11.9 Å². The van der Waals surface area contributed by atoms with Crippen molar-refractivity contribution < 1.29 is 22.7 Å². The minimum atomic E-state index is -4.60. The Hall–Kier alpha value is -3.35. The van der Waals surface area contributed by atoms with E-state index in [4.69, 9.17) is 4.74 Å². The van der Waals surface area contributed by atoms with Gasteiger partial charge in [0, 0.05) is 31.7 Å². The molecule has 0 aliphatic heterocycles. The fourth-order valence-electron chi connectivity index (χ4n) is 2.36. The van der Waals surface area contributed by atoms with Crippen LogP contribution in [0.1, 0.15) is 26.3 Å². The van der Waals surface area contributed by atoms with Crippen LogP contribution < -0.4 is 15.0 Å². The van der Waals surface area contributed by atoms with Crippen molar-refractivity contribution in [3.8, 4) is 17.4 Å². The quantitative estimate of drug-likeness (QED) is 0.599. The molecule has 3 heterocycles. The Labute approximate surface area is 179 Å². The van der Waals surface area contributed by atoms with Crippen molar-refractivity contribution in [2.45, 2.75) is 33.1 Å². The number of hydrogen-bond donors (Lipinski definition) is 1. The summed E-state index contributed by atoms with van der Waals surface area (Å²) < 4.78 is 48.9. The first-order chi connectivity index (χ1) is 14.5. The summed E-state index contributed by atoms with van der Waals surface area (Å²) in [7, 11) is 1.35. The van der Waals surface area contributed by atoms with E-state index in [2.05, 4.69) is 29.6 Å². The number of nitrogens with zero attached hydrogens (tertiary/aromatic N) is 6. The van der Waals surface area contributed by atoms with Crippen molar-refractivity contribution >= 4 is 34.1 Å². The van der Waals surface area contributed by atoms with Crippen molar-refractivity contribution in [1.82, 2.24) is 24.3 Å². The van der Waals surface area contributed by atoms with E-state index in [1.54, 1.807) is 0 Å². The predicted octanol–water partition coefficient (Wildman–Crippen LogP) is 3.92. The number of pyridine rings is 1. The van der Waals surface area contributed by atoms with E-state index < -0.39 is 17.6 Å². The highest BCUT2D eigenvalue weighted by Gasteiger charge is 2.32. The van der Waals surface area contributed by atoms with E-state index in [0.717, 1.165) is 22.5 Å². The van der Waals surface area contributed by atoms with Gasteiger partial charge >= 0.3 is 6.18 Å². The molecule has 3 aromatic rings. The van der Waals surface area contributed by atoms with Crippen molar-refractivity contribution in [2.24, 2.45) is 0 Å². The number of alkyl halides is 3. The predicted molar refractivity (Wildman–Crippen MR) is 108 cm³/mol. The molecular formula is C18H18F3N7O2S. The summed E-state index contributed by atoms with van der Waals surface area (Å²) in [6, 6.07) is 0.843. The second-order valence-electron chi connectivity index (χ2n) is 6.62. The van der Waals surface area contributed by atoms with Gasteiger partial charge in [0.1, 0.15) is 0 Å².